The van der Waals surface area contributed by atoms with E-state index in [1.807, 2.05) is 0 Å². The van der Waals surface area contributed by atoms with Gasteiger partial charge in [-0.2, -0.15) is 0 Å². The van der Waals surface area contributed by atoms with Gasteiger partial charge in [-0.1, -0.05) is 12.1 Å². The molecule has 0 aliphatic carbocycles. The summed E-state index contributed by atoms with van der Waals surface area (Å²) in [4.78, 5) is 13.4. The fraction of sp³-hybridized carbons (Fsp3) is 0.562. The Morgan fingerprint density at radius 2 is 2.00 bits per heavy atom. The zero-order valence-corrected chi connectivity index (χ0v) is 12.6. The minimum atomic E-state index is -0.957. The predicted molar refractivity (Wildman–Crippen MR) is 80.0 cm³/mol. The molecule has 1 aliphatic rings. The van der Waals surface area contributed by atoms with Gasteiger partial charge < -0.3 is 14.6 Å². The summed E-state index contributed by atoms with van der Waals surface area (Å²) in [6.45, 7) is 7.51. The third kappa shape index (κ3) is 4.72. The first-order chi connectivity index (χ1) is 10.1. The average molecular weight is 293 g/mol. The fourth-order valence-corrected chi connectivity index (χ4v) is 2.71. The Labute approximate surface area is 125 Å². The van der Waals surface area contributed by atoms with Crippen LogP contribution < -0.4 is 4.74 Å². The Balaban J connectivity index is 1.76. The van der Waals surface area contributed by atoms with E-state index in [-0.39, 0.29) is 17.8 Å². The first-order valence-corrected chi connectivity index (χ1v) is 7.39. The van der Waals surface area contributed by atoms with Crippen LogP contribution >= 0.6 is 0 Å². The molecule has 2 atom stereocenters. The van der Waals surface area contributed by atoms with Crippen LogP contribution in [0.3, 0.4) is 0 Å². The average Bonchev–Trinajstić information content (AvgIpc) is 2.43. The summed E-state index contributed by atoms with van der Waals surface area (Å²) in [7, 11) is 0. The zero-order valence-electron chi connectivity index (χ0n) is 12.6. The number of hydrogen-bond donors (Lipinski definition) is 1. The van der Waals surface area contributed by atoms with Crippen LogP contribution in [0.25, 0.3) is 0 Å². The van der Waals surface area contributed by atoms with Crippen molar-refractivity contribution in [2.75, 3.05) is 26.2 Å². The minimum absolute atomic E-state index is 0.214. The van der Waals surface area contributed by atoms with E-state index in [2.05, 4.69) is 18.7 Å². The van der Waals surface area contributed by atoms with E-state index in [0.717, 1.165) is 26.1 Å². The van der Waals surface area contributed by atoms with E-state index in [1.54, 1.807) is 24.3 Å². The fourth-order valence-electron chi connectivity index (χ4n) is 2.71. The number of ether oxygens (including phenoxy) is 2. The molecule has 2 rings (SSSR count). The van der Waals surface area contributed by atoms with Crippen LogP contribution in [0.15, 0.2) is 24.3 Å². The highest BCUT2D eigenvalue weighted by Gasteiger charge is 2.21. The van der Waals surface area contributed by atoms with Crippen LogP contribution in [-0.4, -0.2) is 54.4 Å². The molecular formula is C16H23NO4. The predicted octanol–water partition coefficient (Wildman–Crippen LogP) is 2.26. The monoisotopic (exact) mass is 293 g/mol. The molecule has 21 heavy (non-hydrogen) atoms. The third-order valence-corrected chi connectivity index (χ3v) is 3.49. The highest BCUT2D eigenvalue weighted by atomic mass is 16.5. The maximum atomic E-state index is 11.1. The second-order valence-corrected chi connectivity index (χ2v) is 5.52. The van der Waals surface area contributed by atoms with E-state index < -0.39 is 5.97 Å². The van der Waals surface area contributed by atoms with Gasteiger partial charge in [0.05, 0.1) is 18.8 Å². The number of nitrogens with zero attached hydrogens (tertiary/aromatic N) is 1. The number of aromatic carboxylic acids is 1. The van der Waals surface area contributed by atoms with Crippen molar-refractivity contribution in [3.63, 3.8) is 0 Å². The van der Waals surface area contributed by atoms with Crippen LogP contribution in [-0.2, 0) is 4.74 Å². The number of rotatable bonds is 6. The van der Waals surface area contributed by atoms with Gasteiger partial charge in [0, 0.05) is 19.6 Å². The van der Waals surface area contributed by atoms with Crippen molar-refractivity contribution in [1.82, 2.24) is 4.90 Å². The van der Waals surface area contributed by atoms with E-state index in [9.17, 15) is 4.79 Å². The number of morpholine rings is 1. The first kappa shape index (κ1) is 15.8. The van der Waals surface area contributed by atoms with Crippen molar-refractivity contribution in [3.05, 3.63) is 29.8 Å². The van der Waals surface area contributed by atoms with Gasteiger partial charge in [-0.15, -0.1) is 0 Å². The second-order valence-electron chi connectivity index (χ2n) is 5.52. The van der Waals surface area contributed by atoms with Crippen LogP contribution in [0.5, 0.6) is 5.75 Å². The smallest absolute Gasteiger partial charge is 0.339 e. The largest absolute Gasteiger partial charge is 0.493 e. The molecule has 0 bridgehead atoms. The lowest BCUT2D eigenvalue weighted by Crippen LogP contribution is -2.45. The van der Waals surface area contributed by atoms with Crippen molar-refractivity contribution in [3.8, 4) is 5.75 Å². The van der Waals surface area contributed by atoms with Gasteiger partial charge in [0.1, 0.15) is 11.3 Å². The minimum Gasteiger partial charge on any atom is -0.493 e. The Kier molecular flexibility index (Phi) is 5.59. The maximum Gasteiger partial charge on any atom is 0.339 e. The van der Waals surface area contributed by atoms with Crippen LogP contribution in [0, 0.1) is 0 Å². The summed E-state index contributed by atoms with van der Waals surface area (Å²) in [5, 5.41) is 9.08. The Hall–Kier alpha value is -1.59. The molecule has 1 heterocycles. The van der Waals surface area contributed by atoms with E-state index in [4.69, 9.17) is 14.6 Å². The number of para-hydroxylation sites is 1. The van der Waals surface area contributed by atoms with Crippen molar-refractivity contribution < 1.29 is 19.4 Å². The zero-order chi connectivity index (χ0) is 15.2. The lowest BCUT2D eigenvalue weighted by molar-refractivity contribution is -0.0686. The Morgan fingerprint density at radius 1 is 1.33 bits per heavy atom. The van der Waals surface area contributed by atoms with Crippen LogP contribution in [0.1, 0.15) is 30.6 Å². The molecule has 5 heteroatoms. The molecule has 0 aromatic heterocycles. The molecule has 116 valence electrons. The molecule has 1 aliphatic heterocycles. The number of benzene rings is 1. The number of carboxylic acid groups (broad SMARTS) is 1. The molecule has 0 radical (unpaired) electrons. The summed E-state index contributed by atoms with van der Waals surface area (Å²) in [5.74, 6) is -0.518. The number of hydrogen-bond acceptors (Lipinski definition) is 4. The maximum absolute atomic E-state index is 11.1. The SMILES string of the molecule is C[C@@H]1CN(CCCOc2ccccc2C(=O)O)C[C@H](C)O1. The van der Waals surface area contributed by atoms with Gasteiger partial charge in [-0.25, -0.2) is 4.79 Å². The van der Waals surface area contributed by atoms with Gasteiger partial charge in [0.2, 0.25) is 0 Å². The molecule has 1 saturated heterocycles. The van der Waals surface area contributed by atoms with Gasteiger partial charge in [0.15, 0.2) is 0 Å². The topological polar surface area (TPSA) is 59.0 Å². The number of carbonyl (C=O) groups is 1. The second kappa shape index (κ2) is 7.43. The van der Waals surface area contributed by atoms with Crippen LogP contribution in [0.2, 0.25) is 0 Å². The van der Waals surface area contributed by atoms with E-state index in [0.29, 0.717) is 12.4 Å². The number of carboxylic acids is 1. The lowest BCUT2D eigenvalue weighted by atomic mass is 10.2. The first-order valence-electron chi connectivity index (χ1n) is 7.39. The van der Waals surface area contributed by atoms with E-state index >= 15 is 0 Å². The van der Waals surface area contributed by atoms with Gasteiger partial charge >= 0.3 is 5.97 Å². The Morgan fingerprint density at radius 3 is 2.67 bits per heavy atom. The summed E-state index contributed by atoms with van der Waals surface area (Å²) in [5.41, 5.74) is 0.214. The van der Waals surface area contributed by atoms with Crippen molar-refractivity contribution >= 4 is 5.97 Å². The lowest BCUT2D eigenvalue weighted by Gasteiger charge is -2.35. The summed E-state index contributed by atoms with van der Waals surface area (Å²) in [6, 6.07) is 6.74. The van der Waals surface area contributed by atoms with Crippen molar-refractivity contribution in [2.24, 2.45) is 0 Å². The summed E-state index contributed by atoms with van der Waals surface area (Å²) >= 11 is 0. The van der Waals surface area contributed by atoms with Gasteiger partial charge in [-0.3, -0.25) is 4.90 Å². The normalized spacial score (nSPS) is 23.0. The van der Waals surface area contributed by atoms with Crippen molar-refractivity contribution in [1.29, 1.82) is 0 Å². The molecule has 0 unspecified atom stereocenters. The highest BCUT2D eigenvalue weighted by Crippen LogP contribution is 2.18. The molecule has 0 saturated carbocycles. The van der Waals surface area contributed by atoms with E-state index in [1.165, 1.54) is 0 Å². The van der Waals surface area contributed by atoms with Gasteiger partial charge in [0.25, 0.3) is 0 Å². The Bertz CT molecular complexity index is 467. The third-order valence-electron chi connectivity index (χ3n) is 3.49. The van der Waals surface area contributed by atoms with Crippen molar-refractivity contribution in [2.45, 2.75) is 32.5 Å². The molecule has 1 aromatic carbocycles. The molecular weight excluding hydrogens is 270 g/mol. The summed E-state index contributed by atoms with van der Waals surface area (Å²) in [6.07, 6.45) is 1.40. The standard InChI is InChI=1S/C16H23NO4/c1-12-10-17(11-13(2)21-12)8-5-9-20-15-7-4-3-6-14(15)16(18)19/h3-4,6-7,12-13H,5,8-11H2,1-2H3,(H,18,19)/t12-,13+. The molecule has 1 aromatic rings. The molecule has 1 N–H and O–H groups in total. The van der Waals surface area contributed by atoms with Crippen LogP contribution in [0.4, 0.5) is 0 Å². The summed E-state index contributed by atoms with van der Waals surface area (Å²) < 4.78 is 11.3. The van der Waals surface area contributed by atoms with Gasteiger partial charge in [-0.05, 0) is 32.4 Å². The molecule has 1 fully saturated rings. The molecule has 5 nitrogen and oxygen atoms in total. The molecule has 0 amide bonds. The molecule has 0 spiro atoms. The highest BCUT2D eigenvalue weighted by molar-refractivity contribution is 5.90. The quantitative estimate of drug-likeness (QED) is 0.815.